The van der Waals surface area contributed by atoms with Gasteiger partial charge in [0.25, 0.3) is 0 Å². The number of hydrogen-bond acceptors (Lipinski definition) is 2. The van der Waals surface area contributed by atoms with Crippen LogP contribution in [0.4, 0.5) is 0 Å². The Morgan fingerprint density at radius 2 is 1.44 bits per heavy atom. The summed E-state index contributed by atoms with van der Waals surface area (Å²) >= 11 is 0. The van der Waals surface area contributed by atoms with Crippen LogP contribution in [0.3, 0.4) is 0 Å². The lowest BCUT2D eigenvalue weighted by molar-refractivity contribution is -0.149. The van der Waals surface area contributed by atoms with Crippen molar-refractivity contribution in [1.82, 2.24) is 0 Å². The molecule has 5 heteroatoms. The minimum absolute atomic E-state index is 0.0591. The quantitative estimate of drug-likeness (QED) is 0.190. The number of terminal acetylenes is 2. The predicted octanol–water partition coefficient (Wildman–Crippen LogP) is 10.1. The van der Waals surface area contributed by atoms with E-state index in [1.54, 1.807) is 6.08 Å². The molecule has 8 rings (SSSR count). The molecule has 3 saturated carbocycles. The molecule has 6 fully saturated rings. The molecule has 3 heterocycles. The molecule has 0 bridgehead atoms. The number of hydrogen-bond donors (Lipinski definition) is 2. The van der Waals surface area contributed by atoms with Crippen molar-refractivity contribution in [2.75, 3.05) is 5.75 Å². The minimum atomic E-state index is -0.843. The first-order valence-electron chi connectivity index (χ1n) is 18.2. The number of benzene rings is 1. The van der Waals surface area contributed by atoms with Gasteiger partial charge in [-0.05, 0) is 116 Å². The zero-order chi connectivity index (χ0) is 35.9. The van der Waals surface area contributed by atoms with Gasteiger partial charge in [-0.1, -0.05) is 77.5 Å². The largest absolute Gasteiger partial charge is 0.481 e. The number of carboxylic acid groups (broad SMARTS) is 2. The molecule has 4 aliphatic carbocycles. The molecule has 0 amide bonds. The van der Waals surface area contributed by atoms with Crippen LogP contribution in [0.15, 0.2) is 43.0 Å². The van der Waals surface area contributed by atoms with Crippen LogP contribution < -0.4 is 0 Å². The normalized spacial score (nSPS) is 40.4. The fourth-order valence-electron chi connectivity index (χ4n) is 12.5. The molecule has 2 spiro atoms. The lowest BCUT2D eigenvalue weighted by Crippen LogP contribution is -2.53. The van der Waals surface area contributed by atoms with E-state index in [1.165, 1.54) is 49.0 Å². The van der Waals surface area contributed by atoms with Crippen molar-refractivity contribution in [3.05, 3.63) is 54.1 Å². The van der Waals surface area contributed by atoms with E-state index in [0.717, 1.165) is 55.3 Å². The second-order valence-electron chi connectivity index (χ2n) is 15.7. The van der Waals surface area contributed by atoms with E-state index in [9.17, 15) is 19.8 Å². The van der Waals surface area contributed by atoms with Crippen molar-refractivity contribution >= 4 is 27.5 Å². The SMILES string of the molecule is C#C.C#C.C=CC.CC.CC1(C)C(c2ccc(C3(C(=O)O)CC3)cc2)=CC[C@@]2(C)C1CCC13C2CCS12C3CC[C@@]1(C(=O)O)CCCC12. The van der Waals surface area contributed by atoms with Crippen LogP contribution in [0.25, 0.3) is 5.57 Å². The fraction of sp³-hybridized carbons (Fsp3) is 0.628. The number of carbonyl (C=O) groups is 2. The predicted molar refractivity (Wildman–Crippen MR) is 203 cm³/mol. The van der Waals surface area contributed by atoms with Crippen molar-refractivity contribution in [1.29, 1.82) is 0 Å². The first-order valence-corrected chi connectivity index (χ1v) is 20.2. The Hall–Kier alpha value is -2.89. The van der Waals surface area contributed by atoms with Gasteiger partial charge in [0.1, 0.15) is 0 Å². The monoisotopic (exact) mass is 672 g/mol. The molecule has 0 radical (unpaired) electrons. The van der Waals surface area contributed by atoms with Crippen molar-refractivity contribution < 1.29 is 19.8 Å². The Morgan fingerprint density at radius 1 is 0.833 bits per heavy atom. The van der Waals surface area contributed by atoms with Crippen LogP contribution >= 0.6 is 10.0 Å². The van der Waals surface area contributed by atoms with E-state index in [0.29, 0.717) is 15.9 Å². The third-order valence-corrected chi connectivity index (χ3v) is 20.4. The Kier molecular flexibility index (Phi) is 10.6. The number of carboxylic acids is 2. The molecular weight excluding hydrogens is 613 g/mol. The molecule has 3 aliphatic heterocycles. The third kappa shape index (κ3) is 4.81. The molecule has 7 aliphatic rings. The second kappa shape index (κ2) is 13.4. The van der Waals surface area contributed by atoms with Crippen molar-refractivity contribution in [2.45, 2.75) is 133 Å². The van der Waals surface area contributed by atoms with Crippen LogP contribution in [-0.4, -0.2) is 43.2 Å². The summed E-state index contributed by atoms with van der Waals surface area (Å²) in [5, 5.41) is 21.5. The standard InChI is InChI=1S/C34H44O4S.C3H6.C2H6.2C2H2/c1-30(2)23(21-6-8-22(9-7-21)32(18-19-32)28(35)36)10-15-31(3)24(30)11-17-34-25(31)13-20-39(34)26-5-4-14-33(26,29(37)38)16-12-27(34)39;1-3-2;3*1-2/h6-10,24-27H,4-5,11-20H2,1-3H3,(H,35,36)(H,37,38);3H,1H2,2H3;1-2H3;2*1-2H/t24?,25?,26?,27?,31-,33-,34?;;;;/m0..../s1. The Bertz CT molecular complexity index is 1460. The molecule has 6 unspecified atom stereocenters. The van der Waals surface area contributed by atoms with E-state index in [1.807, 2.05) is 20.8 Å². The highest BCUT2D eigenvalue weighted by Crippen LogP contribution is 2.99. The van der Waals surface area contributed by atoms with Gasteiger partial charge >= 0.3 is 11.9 Å². The van der Waals surface area contributed by atoms with Crippen LogP contribution in [0, 0.1) is 53.8 Å². The molecule has 262 valence electrons. The fourth-order valence-corrected chi connectivity index (χ4v) is 20.7. The van der Waals surface area contributed by atoms with Crippen LogP contribution in [0.2, 0.25) is 0 Å². The van der Waals surface area contributed by atoms with Gasteiger partial charge in [0, 0.05) is 15.2 Å². The van der Waals surface area contributed by atoms with Gasteiger partial charge in [0.2, 0.25) is 0 Å². The first kappa shape index (κ1) is 37.9. The third-order valence-electron chi connectivity index (χ3n) is 14.2. The van der Waals surface area contributed by atoms with Gasteiger partial charge < -0.3 is 10.2 Å². The lowest BCUT2D eigenvalue weighted by Gasteiger charge is -2.59. The maximum absolute atomic E-state index is 12.7. The molecule has 8 atom stereocenters. The Morgan fingerprint density at radius 3 is 1.98 bits per heavy atom. The Labute approximate surface area is 293 Å². The van der Waals surface area contributed by atoms with Gasteiger partial charge in [-0.3, -0.25) is 9.59 Å². The zero-order valence-corrected chi connectivity index (χ0v) is 31.2. The summed E-state index contributed by atoms with van der Waals surface area (Å²) in [6.45, 7) is 16.8. The highest BCUT2D eigenvalue weighted by Gasteiger charge is 2.86. The Balaban J connectivity index is 0.000000533. The van der Waals surface area contributed by atoms with Crippen LogP contribution in [-0.2, 0) is 15.0 Å². The summed E-state index contributed by atoms with van der Waals surface area (Å²) in [5.74, 6) is 1.57. The molecule has 1 aromatic carbocycles. The van der Waals surface area contributed by atoms with E-state index in [-0.39, 0.29) is 10.8 Å². The topological polar surface area (TPSA) is 74.6 Å². The molecular formula is C43H60O4S. The van der Waals surface area contributed by atoms with Crippen molar-refractivity contribution in [3.8, 4) is 25.7 Å². The molecule has 3 saturated heterocycles. The van der Waals surface area contributed by atoms with Gasteiger partial charge in [0.15, 0.2) is 0 Å². The number of rotatable bonds is 4. The summed E-state index contributed by atoms with van der Waals surface area (Å²) < 4.78 is 0.475. The van der Waals surface area contributed by atoms with Gasteiger partial charge in [-0.2, -0.15) is 0 Å². The van der Waals surface area contributed by atoms with Gasteiger partial charge in [-0.25, -0.2) is 10.0 Å². The molecule has 4 nitrogen and oxygen atoms in total. The molecule has 2 N–H and O–H groups in total. The van der Waals surface area contributed by atoms with Crippen molar-refractivity contribution in [3.63, 3.8) is 0 Å². The average molecular weight is 673 g/mol. The van der Waals surface area contributed by atoms with E-state index in [4.69, 9.17) is 0 Å². The maximum atomic E-state index is 12.7. The van der Waals surface area contributed by atoms with Gasteiger partial charge in [0.05, 0.1) is 10.8 Å². The average Bonchev–Trinajstić information content (AvgIpc) is 3.88. The summed E-state index contributed by atoms with van der Waals surface area (Å²) in [6, 6.07) is 8.53. The van der Waals surface area contributed by atoms with Crippen molar-refractivity contribution in [2.24, 2.45) is 28.1 Å². The minimum Gasteiger partial charge on any atom is -0.481 e. The highest BCUT2D eigenvalue weighted by atomic mass is 32.3. The first-order chi connectivity index (χ1) is 22.9. The lowest BCUT2D eigenvalue weighted by atomic mass is 9.45. The summed E-state index contributed by atoms with van der Waals surface area (Å²) in [5.41, 5.74) is 2.96. The van der Waals surface area contributed by atoms with E-state index < -0.39 is 32.8 Å². The molecule has 48 heavy (non-hydrogen) atoms. The zero-order valence-electron chi connectivity index (χ0n) is 30.4. The number of allylic oxidation sites excluding steroid dienone is 3. The highest BCUT2D eigenvalue weighted by molar-refractivity contribution is 8.42. The van der Waals surface area contributed by atoms with E-state index >= 15 is 0 Å². The van der Waals surface area contributed by atoms with Gasteiger partial charge in [-0.15, -0.1) is 32.3 Å². The molecule has 0 aromatic heterocycles. The van der Waals surface area contributed by atoms with Crippen LogP contribution in [0.1, 0.15) is 123 Å². The smallest absolute Gasteiger partial charge is 0.314 e. The molecule has 1 aromatic rings. The number of fused-ring (bicyclic) bond motifs is 3. The van der Waals surface area contributed by atoms with E-state index in [2.05, 4.69) is 83.4 Å². The van der Waals surface area contributed by atoms with Crippen LogP contribution in [0.5, 0.6) is 0 Å². The summed E-state index contributed by atoms with van der Waals surface area (Å²) in [7, 11) is -0.843. The summed E-state index contributed by atoms with van der Waals surface area (Å²) in [6.07, 6.45) is 32.2. The maximum Gasteiger partial charge on any atom is 0.314 e. The number of aliphatic carboxylic acids is 2. The second-order valence-corrected chi connectivity index (χ2v) is 19.7. The summed E-state index contributed by atoms with van der Waals surface area (Å²) in [4.78, 5) is 24.6.